The van der Waals surface area contributed by atoms with Gasteiger partial charge in [-0.25, -0.2) is 8.78 Å². The second-order valence-electron chi connectivity index (χ2n) is 7.14. The lowest BCUT2D eigenvalue weighted by atomic mass is 10.2. The molecule has 0 amide bonds. The average Bonchev–Trinajstić information content (AvgIpc) is 3.22. The molecule has 0 aromatic heterocycles. The van der Waals surface area contributed by atoms with Crippen LogP contribution in [-0.4, -0.2) is 62.7 Å². The minimum absolute atomic E-state index is 0.0753. The van der Waals surface area contributed by atoms with Gasteiger partial charge >= 0.3 is 0 Å². The van der Waals surface area contributed by atoms with Crippen LogP contribution in [0.25, 0.3) is 0 Å². The number of likely N-dealkylation sites (N-methyl/N-ethyl adjacent to an activating group) is 1. The molecular formula is C19H29F2N5. The summed E-state index contributed by atoms with van der Waals surface area (Å²) in [4.78, 5) is 8.86. The predicted molar refractivity (Wildman–Crippen MR) is 102 cm³/mol. The number of anilines is 1. The lowest BCUT2D eigenvalue weighted by Gasteiger charge is -2.22. The first-order valence-corrected chi connectivity index (χ1v) is 9.52. The van der Waals surface area contributed by atoms with Crippen LogP contribution in [0.3, 0.4) is 0 Å². The fourth-order valence-corrected chi connectivity index (χ4v) is 3.79. The van der Waals surface area contributed by atoms with E-state index >= 15 is 0 Å². The number of hydrogen-bond donors (Lipinski definition) is 2. The van der Waals surface area contributed by atoms with Crippen molar-refractivity contribution in [2.75, 3.05) is 44.7 Å². The molecule has 2 fully saturated rings. The Morgan fingerprint density at radius 3 is 2.65 bits per heavy atom. The SMILES string of the molecule is CCNC(=NCC1CCCN1C)NC1CCN(c2c(F)cccc2F)C1. The molecule has 2 saturated heterocycles. The van der Waals surface area contributed by atoms with Crippen molar-refractivity contribution in [3.05, 3.63) is 29.8 Å². The van der Waals surface area contributed by atoms with E-state index in [0.29, 0.717) is 19.1 Å². The van der Waals surface area contributed by atoms with Gasteiger partial charge in [0.25, 0.3) is 0 Å². The van der Waals surface area contributed by atoms with Crippen LogP contribution in [-0.2, 0) is 0 Å². The molecule has 2 heterocycles. The Kier molecular flexibility index (Phi) is 6.29. The van der Waals surface area contributed by atoms with Gasteiger partial charge < -0.3 is 20.4 Å². The Morgan fingerprint density at radius 2 is 2.00 bits per heavy atom. The third-order valence-corrected chi connectivity index (χ3v) is 5.26. The van der Waals surface area contributed by atoms with E-state index in [0.717, 1.165) is 32.0 Å². The number of benzene rings is 1. The van der Waals surface area contributed by atoms with Crippen LogP contribution in [0.4, 0.5) is 14.5 Å². The second kappa shape index (κ2) is 8.66. The van der Waals surface area contributed by atoms with Crippen molar-refractivity contribution in [1.29, 1.82) is 0 Å². The van der Waals surface area contributed by atoms with Crippen LogP contribution in [0.1, 0.15) is 26.2 Å². The maximum atomic E-state index is 14.0. The number of para-hydroxylation sites is 1. The Hall–Kier alpha value is -1.89. The fourth-order valence-electron chi connectivity index (χ4n) is 3.79. The highest BCUT2D eigenvalue weighted by atomic mass is 19.1. The van der Waals surface area contributed by atoms with E-state index in [1.165, 1.54) is 31.0 Å². The number of rotatable bonds is 5. The molecule has 7 heteroatoms. The van der Waals surface area contributed by atoms with Gasteiger partial charge in [-0.1, -0.05) is 6.07 Å². The summed E-state index contributed by atoms with van der Waals surface area (Å²) in [5.41, 5.74) is 0.0753. The van der Waals surface area contributed by atoms with Crippen LogP contribution >= 0.6 is 0 Å². The highest BCUT2D eigenvalue weighted by molar-refractivity contribution is 5.80. The Bertz CT molecular complexity index is 616. The van der Waals surface area contributed by atoms with Gasteiger partial charge in [-0.15, -0.1) is 0 Å². The third kappa shape index (κ3) is 4.44. The molecule has 1 aromatic rings. The van der Waals surface area contributed by atoms with Crippen molar-refractivity contribution in [3.63, 3.8) is 0 Å². The standard InChI is InChI=1S/C19H29F2N5/c1-3-22-19(23-12-15-6-5-10-25(15)2)24-14-9-11-26(13-14)18-16(20)7-4-8-17(18)21/h4,7-8,14-15H,3,5-6,9-13H2,1-2H3,(H2,22,23,24). The number of halogens is 2. The number of guanidine groups is 1. The van der Waals surface area contributed by atoms with Crippen molar-refractivity contribution in [3.8, 4) is 0 Å². The van der Waals surface area contributed by atoms with Crippen molar-refractivity contribution < 1.29 is 8.78 Å². The Balaban J connectivity index is 1.60. The normalized spacial score (nSPS) is 24.3. The molecule has 0 radical (unpaired) electrons. The van der Waals surface area contributed by atoms with Crippen molar-refractivity contribution in [2.24, 2.45) is 4.99 Å². The third-order valence-electron chi connectivity index (χ3n) is 5.26. The van der Waals surface area contributed by atoms with E-state index in [4.69, 9.17) is 4.99 Å². The van der Waals surface area contributed by atoms with Crippen molar-refractivity contribution in [1.82, 2.24) is 15.5 Å². The highest BCUT2D eigenvalue weighted by Gasteiger charge is 2.27. The van der Waals surface area contributed by atoms with Crippen LogP contribution in [0.5, 0.6) is 0 Å². The largest absolute Gasteiger partial charge is 0.365 e. The van der Waals surface area contributed by atoms with Crippen LogP contribution in [0, 0.1) is 11.6 Å². The number of aliphatic imine (C=N–C) groups is 1. The van der Waals surface area contributed by atoms with Gasteiger partial charge in [0.2, 0.25) is 0 Å². The quantitative estimate of drug-likeness (QED) is 0.620. The van der Waals surface area contributed by atoms with E-state index in [2.05, 4.69) is 22.6 Å². The first-order valence-electron chi connectivity index (χ1n) is 9.52. The molecule has 2 aliphatic rings. The highest BCUT2D eigenvalue weighted by Crippen LogP contribution is 2.26. The summed E-state index contributed by atoms with van der Waals surface area (Å²) in [7, 11) is 2.14. The maximum absolute atomic E-state index is 14.0. The summed E-state index contributed by atoms with van der Waals surface area (Å²) >= 11 is 0. The van der Waals surface area contributed by atoms with Crippen LogP contribution < -0.4 is 15.5 Å². The topological polar surface area (TPSA) is 42.9 Å². The van der Waals surface area contributed by atoms with Crippen molar-refractivity contribution in [2.45, 2.75) is 38.3 Å². The van der Waals surface area contributed by atoms with Gasteiger partial charge in [0, 0.05) is 31.7 Å². The zero-order chi connectivity index (χ0) is 18.5. The maximum Gasteiger partial charge on any atom is 0.191 e. The average molecular weight is 365 g/mol. The Labute approximate surface area is 154 Å². The number of nitrogens with zero attached hydrogens (tertiary/aromatic N) is 3. The van der Waals surface area contributed by atoms with Gasteiger partial charge in [0.1, 0.15) is 17.3 Å². The van der Waals surface area contributed by atoms with E-state index in [9.17, 15) is 8.78 Å². The van der Waals surface area contributed by atoms with Gasteiger partial charge in [-0.05, 0) is 51.9 Å². The smallest absolute Gasteiger partial charge is 0.191 e. The molecule has 0 aliphatic carbocycles. The molecule has 0 saturated carbocycles. The summed E-state index contributed by atoms with van der Waals surface area (Å²) in [5, 5.41) is 6.71. The zero-order valence-electron chi connectivity index (χ0n) is 15.6. The summed E-state index contributed by atoms with van der Waals surface area (Å²) in [6.07, 6.45) is 3.23. The summed E-state index contributed by atoms with van der Waals surface area (Å²) in [6, 6.07) is 4.63. The minimum Gasteiger partial charge on any atom is -0.365 e. The second-order valence-corrected chi connectivity index (χ2v) is 7.14. The molecule has 3 rings (SSSR count). The van der Waals surface area contributed by atoms with Crippen LogP contribution in [0.15, 0.2) is 23.2 Å². The van der Waals surface area contributed by atoms with E-state index in [1.807, 2.05) is 6.92 Å². The molecule has 26 heavy (non-hydrogen) atoms. The lowest BCUT2D eigenvalue weighted by molar-refractivity contribution is 0.317. The molecule has 0 bridgehead atoms. The predicted octanol–water partition coefficient (Wildman–Crippen LogP) is 2.19. The first kappa shape index (κ1) is 18.9. The molecule has 2 unspecified atom stereocenters. The Morgan fingerprint density at radius 1 is 1.23 bits per heavy atom. The van der Waals surface area contributed by atoms with Crippen molar-refractivity contribution >= 4 is 11.6 Å². The minimum atomic E-state index is -0.504. The summed E-state index contributed by atoms with van der Waals surface area (Å²) in [6.45, 7) is 5.91. The van der Waals surface area contributed by atoms with Crippen LogP contribution in [0.2, 0.25) is 0 Å². The summed E-state index contributed by atoms with van der Waals surface area (Å²) < 4.78 is 28.0. The molecule has 2 N–H and O–H groups in total. The molecule has 2 aliphatic heterocycles. The van der Waals surface area contributed by atoms with Gasteiger partial charge in [-0.2, -0.15) is 0 Å². The van der Waals surface area contributed by atoms with E-state index < -0.39 is 11.6 Å². The molecular weight excluding hydrogens is 336 g/mol. The molecule has 1 aromatic carbocycles. The van der Waals surface area contributed by atoms with E-state index in [-0.39, 0.29) is 11.7 Å². The lowest BCUT2D eigenvalue weighted by Crippen LogP contribution is -2.45. The first-order chi connectivity index (χ1) is 12.6. The molecule has 0 spiro atoms. The summed E-state index contributed by atoms with van der Waals surface area (Å²) in [5.74, 6) is -0.223. The monoisotopic (exact) mass is 365 g/mol. The zero-order valence-corrected chi connectivity index (χ0v) is 15.6. The van der Waals surface area contributed by atoms with Gasteiger partial charge in [0.15, 0.2) is 5.96 Å². The van der Waals surface area contributed by atoms with Gasteiger partial charge in [-0.3, -0.25) is 4.99 Å². The van der Waals surface area contributed by atoms with Gasteiger partial charge in [0.05, 0.1) is 6.54 Å². The number of hydrogen-bond acceptors (Lipinski definition) is 3. The molecule has 5 nitrogen and oxygen atoms in total. The molecule has 2 atom stereocenters. The number of nitrogens with one attached hydrogen (secondary N) is 2. The fraction of sp³-hybridized carbons (Fsp3) is 0.632. The van der Waals surface area contributed by atoms with E-state index in [1.54, 1.807) is 4.90 Å². The molecule has 144 valence electrons. The number of likely N-dealkylation sites (tertiary alicyclic amines) is 1.